The molecule has 94 valence electrons. The van der Waals surface area contributed by atoms with Gasteiger partial charge in [-0.05, 0) is 24.6 Å². The van der Waals surface area contributed by atoms with E-state index in [0.717, 1.165) is 15.7 Å². The predicted octanol–water partition coefficient (Wildman–Crippen LogP) is 2.09. The number of anilines is 1. The molecule has 1 rings (SSSR count). The molecule has 0 saturated heterocycles. The van der Waals surface area contributed by atoms with E-state index in [1.807, 2.05) is 25.1 Å². The molecular formula is C12H16BrNO3. The summed E-state index contributed by atoms with van der Waals surface area (Å²) in [5.74, 6) is -0.413. The van der Waals surface area contributed by atoms with Crippen LogP contribution in [0.3, 0.4) is 0 Å². The van der Waals surface area contributed by atoms with Crippen LogP contribution in [0.4, 0.5) is 5.69 Å². The molecule has 17 heavy (non-hydrogen) atoms. The van der Waals surface area contributed by atoms with Crippen molar-refractivity contribution in [3.8, 4) is 0 Å². The van der Waals surface area contributed by atoms with Gasteiger partial charge in [0.2, 0.25) is 0 Å². The van der Waals surface area contributed by atoms with Gasteiger partial charge in [-0.3, -0.25) is 4.79 Å². The number of carbonyl (C=O) groups excluding carboxylic acids is 1. The Bertz CT molecular complexity index is 395. The van der Waals surface area contributed by atoms with Crippen molar-refractivity contribution in [3.05, 3.63) is 28.2 Å². The Morgan fingerprint density at radius 3 is 2.88 bits per heavy atom. The largest absolute Gasteiger partial charge is 0.469 e. The topological polar surface area (TPSA) is 58.6 Å². The van der Waals surface area contributed by atoms with Crippen LogP contribution in [0.5, 0.6) is 0 Å². The molecule has 4 nitrogen and oxygen atoms in total. The molecule has 0 aromatic heterocycles. The molecule has 0 saturated carbocycles. The molecule has 0 aliphatic heterocycles. The molecule has 0 radical (unpaired) electrons. The zero-order valence-electron chi connectivity index (χ0n) is 9.87. The van der Waals surface area contributed by atoms with Gasteiger partial charge in [0.15, 0.2) is 0 Å². The van der Waals surface area contributed by atoms with Gasteiger partial charge in [-0.15, -0.1) is 0 Å². The molecule has 0 aliphatic rings. The van der Waals surface area contributed by atoms with Crippen LogP contribution in [0.1, 0.15) is 12.0 Å². The summed E-state index contributed by atoms with van der Waals surface area (Å²) in [4.78, 5) is 10.9. The van der Waals surface area contributed by atoms with E-state index in [4.69, 9.17) is 0 Å². The second-order valence-corrected chi connectivity index (χ2v) is 4.63. The molecule has 1 aromatic carbocycles. The number of ether oxygens (including phenoxy) is 1. The van der Waals surface area contributed by atoms with Crippen molar-refractivity contribution in [2.75, 3.05) is 19.0 Å². The van der Waals surface area contributed by atoms with Crippen molar-refractivity contribution in [2.24, 2.45) is 0 Å². The smallest absolute Gasteiger partial charge is 0.308 e. The summed E-state index contributed by atoms with van der Waals surface area (Å²) in [5.41, 5.74) is 2.04. The number of nitrogens with one attached hydrogen (secondary N) is 1. The lowest BCUT2D eigenvalue weighted by Crippen LogP contribution is -2.23. The fourth-order valence-electron chi connectivity index (χ4n) is 1.29. The maximum Gasteiger partial charge on any atom is 0.308 e. The number of halogens is 1. The quantitative estimate of drug-likeness (QED) is 0.818. The second kappa shape index (κ2) is 6.61. The van der Waals surface area contributed by atoms with Gasteiger partial charge >= 0.3 is 5.97 Å². The van der Waals surface area contributed by atoms with Gasteiger partial charge in [-0.1, -0.05) is 22.0 Å². The number of aryl methyl sites for hydroxylation is 1. The van der Waals surface area contributed by atoms with Gasteiger partial charge in [0.1, 0.15) is 0 Å². The normalized spacial score (nSPS) is 12.0. The number of aliphatic hydroxyl groups is 1. The highest BCUT2D eigenvalue weighted by Gasteiger charge is 2.10. The van der Waals surface area contributed by atoms with E-state index in [2.05, 4.69) is 26.0 Å². The van der Waals surface area contributed by atoms with Crippen LogP contribution in [0.25, 0.3) is 0 Å². The molecule has 0 amide bonds. The first kappa shape index (κ1) is 14.0. The number of rotatable bonds is 5. The SMILES string of the molecule is COC(=O)CC(O)CNc1ccc(C)c(Br)c1. The van der Waals surface area contributed by atoms with E-state index >= 15 is 0 Å². The lowest BCUT2D eigenvalue weighted by atomic mass is 10.2. The monoisotopic (exact) mass is 301 g/mol. The molecule has 0 spiro atoms. The van der Waals surface area contributed by atoms with Crippen molar-refractivity contribution in [2.45, 2.75) is 19.4 Å². The zero-order valence-corrected chi connectivity index (χ0v) is 11.5. The summed E-state index contributed by atoms with van der Waals surface area (Å²) in [6.07, 6.45) is -0.751. The van der Waals surface area contributed by atoms with Gasteiger partial charge in [0.05, 0.1) is 19.6 Å². The Hall–Kier alpha value is -1.07. The number of carbonyl (C=O) groups is 1. The summed E-state index contributed by atoms with van der Waals surface area (Å²) in [6, 6.07) is 5.82. The van der Waals surface area contributed by atoms with Crippen LogP contribution in [0.2, 0.25) is 0 Å². The molecule has 0 bridgehead atoms. The standard InChI is InChI=1S/C12H16BrNO3/c1-8-3-4-9(5-11(8)13)14-7-10(15)6-12(16)17-2/h3-5,10,14-15H,6-7H2,1-2H3. The molecule has 0 fully saturated rings. The third-order valence-electron chi connectivity index (χ3n) is 2.34. The number of esters is 1. The van der Waals surface area contributed by atoms with E-state index in [9.17, 15) is 9.90 Å². The molecule has 2 N–H and O–H groups in total. The summed E-state index contributed by atoms with van der Waals surface area (Å²) in [5, 5.41) is 12.6. The Morgan fingerprint density at radius 2 is 2.29 bits per heavy atom. The zero-order chi connectivity index (χ0) is 12.8. The first-order chi connectivity index (χ1) is 8.02. The number of benzene rings is 1. The van der Waals surface area contributed by atoms with Crippen LogP contribution in [-0.2, 0) is 9.53 Å². The predicted molar refractivity (Wildman–Crippen MR) is 70.0 cm³/mol. The average molecular weight is 302 g/mol. The first-order valence-corrected chi connectivity index (χ1v) is 6.07. The Morgan fingerprint density at radius 1 is 1.59 bits per heavy atom. The van der Waals surface area contributed by atoms with Gasteiger partial charge in [-0.2, -0.15) is 0 Å². The van der Waals surface area contributed by atoms with Crippen molar-refractivity contribution in [1.82, 2.24) is 0 Å². The van der Waals surface area contributed by atoms with Gasteiger partial charge < -0.3 is 15.2 Å². The maximum absolute atomic E-state index is 10.9. The van der Waals surface area contributed by atoms with Gasteiger partial charge in [0, 0.05) is 16.7 Å². The number of hydrogen-bond donors (Lipinski definition) is 2. The fraction of sp³-hybridized carbons (Fsp3) is 0.417. The highest BCUT2D eigenvalue weighted by Crippen LogP contribution is 2.20. The van der Waals surface area contributed by atoms with E-state index in [1.165, 1.54) is 7.11 Å². The minimum absolute atomic E-state index is 0.00344. The van der Waals surface area contributed by atoms with Crippen molar-refractivity contribution in [3.63, 3.8) is 0 Å². The molecule has 0 heterocycles. The first-order valence-electron chi connectivity index (χ1n) is 5.28. The number of aliphatic hydroxyl groups excluding tert-OH is 1. The van der Waals surface area contributed by atoms with Gasteiger partial charge in [0.25, 0.3) is 0 Å². The molecule has 1 atom stereocenters. The summed E-state index contributed by atoms with van der Waals surface area (Å²) >= 11 is 3.43. The lowest BCUT2D eigenvalue weighted by molar-refractivity contribution is -0.142. The molecule has 5 heteroatoms. The molecule has 1 aromatic rings. The summed E-state index contributed by atoms with van der Waals surface area (Å²) < 4.78 is 5.48. The Labute approximate surface area is 109 Å². The minimum Gasteiger partial charge on any atom is -0.469 e. The molecule has 1 unspecified atom stereocenters. The van der Waals surface area contributed by atoms with Gasteiger partial charge in [-0.25, -0.2) is 0 Å². The highest BCUT2D eigenvalue weighted by atomic mass is 79.9. The van der Waals surface area contributed by atoms with Crippen LogP contribution in [0.15, 0.2) is 22.7 Å². The van der Waals surface area contributed by atoms with Crippen molar-refractivity contribution >= 4 is 27.6 Å². The second-order valence-electron chi connectivity index (χ2n) is 3.78. The van der Waals surface area contributed by atoms with E-state index in [-0.39, 0.29) is 6.42 Å². The van der Waals surface area contributed by atoms with Crippen LogP contribution >= 0.6 is 15.9 Å². The minimum atomic E-state index is -0.748. The molecular weight excluding hydrogens is 286 g/mol. The Balaban J connectivity index is 2.44. The summed E-state index contributed by atoms with van der Waals surface area (Å²) in [6.45, 7) is 2.31. The third kappa shape index (κ3) is 4.75. The van der Waals surface area contributed by atoms with E-state index in [0.29, 0.717) is 6.54 Å². The van der Waals surface area contributed by atoms with E-state index in [1.54, 1.807) is 0 Å². The van der Waals surface area contributed by atoms with Crippen LogP contribution in [0, 0.1) is 6.92 Å². The highest BCUT2D eigenvalue weighted by molar-refractivity contribution is 9.10. The van der Waals surface area contributed by atoms with E-state index < -0.39 is 12.1 Å². The van der Waals surface area contributed by atoms with Crippen LogP contribution in [-0.4, -0.2) is 30.8 Å². The van der Waals surface area contributed by atoms with Crippen molar-refractivity contribution in [1.29, 1.82) is 0 Å². The number of methoxy groups -OCH3 is 1. The average Bonchev–Trinajstić information content (AvgIpc) is 2.30. The lowest BCUT2D eigenvalue weighted by Gasteiger charge is -2.12. The Kier molecular flexibility index (Phi) is 5.44. The third-order valence-corrected chi connectivity index (χ3v) is 3.20. The molecule has 0 aliphatic carbocycles. The fourth-order valence-corrected chi connectivity index (χ4v) is 1.67. The summed E-state index contributed by atoms with van der Waals surface area (Å²) in [7, 11) is 1.31. The van der Waals surface area contributed by atoms with Crippen molar-refractivity contribution < 1.29 is 14.6 Å². The maximum atomic E-state index is 10.9. The number of hydrogen-bond acceptors (Lipinski definition) is 4. The van der Waals surface area contributed by atoms with Crippen LogP contribution < -0.4 is 5.32 Å².